The first-order valence-electron chi connectivity index (χ1n) is 4.52. The Kier molecular flexibility index (Phi) is 2.27. The molecule has 3 N–H and O–H groups in total. The zero-order chi connectivity index (χ0) is 9.10. The predicted octanol–water partition coefficient (Wildman–Crippen LogP) is 1.45. The topological polar surface area (TPSA) is 54.7 Å². The van der Waals surface area contributed by atoms with Crippen molar-refractivity contribution in [1.29, 1.82) is 0 Å². The van der Waals surface area contributed by atoms with Crippen molar-refractivity contribution in [2.45, 2.75) is 12.8 Å². The van der Waals surface area contributed by atoms with Gasteiger partial charge in [0.2, 0.25) is 0 Å². The summed E-state index contributed by atoms with van der Waals surface area (Å²) < 4.78 is 0. The molecule has 0 aliphatic rings. The molecule has 3 heteroatoms. The van der Waals surface area contributed by atoms with Crippen molar-refractivity contribution in [2.75, 3.05) is 6.54 Å². The minimum Gasteiger partial charge on any atom is -0.361 e. The fraction of sp³-hybridized carbons (Fsp3) is 0.300. The standard InChI is InChI=1S/C10H13N3/c11-4-1-2-8-6-13-10-3-5-12-7-9(8)10/h3,5-7,13H,1-2,4,11H2. The van der Waals surface area contributed by atoms with E-state index < -0.39 is 0 Å². The number of pyridine rings is 1. The van der Waals surface area contributed by atoms with Gasteiger partial charge in [-0.05, 0) is 31.0 Å². The van der Waals surface area contributed by atoms with Gasteiger partial charge in [0.1, 0.15) is 0 Å². The van der Waals surface area contributed by atoms with E-state index in [-0.39, 0.29) is 0 Å². The highest BCUT2D eigenvalue weighted by atomic mass is 14.7. The summed E-state index contributed by atoms with van der Waals surface area (Å²) in [6, 6.07) is 1.99. The molecule has 0 saturated carbocycles. The van der Waals surface area contributed by atoms with Gasteiger partial charge in [-0.2, -0.15) is 0 Å². The Bertz CT molecular complexity index is 392. The second-order valence-corrected chi connectivity index (χ2v) is 3.13. The minimum atomic E-state index is 0.743. The van der Waals surface area contributed by atoms with Gasteiger partial charge in [0, 0.05) is 29.5 Å². The number of nitrogens with two attached hydrogens (primary N) is 1. The van der Waals surface area contributed by atoms with Gasteiger partial charge < -0.3 is 10.7 Å². The van der Waals surface area contributed by atoms with Gasteiger partial charge >= 0.3 is 0 Å². The summed E-state index contributed by atoms with van der Waals surface area (Å²) in [4.78, 5) is 7.32. The van der Waals surface area contributed by atoms with Crippen molar-refractivity contribution in [3.05, 3.63) is 30.2 Å². The highest BCUT2D eigenvalue weighted by Gasteiger charge is 2.01. The maximum atomic E-state index is 5.46. The molecule has 0 unspecified atom stereocenters. The second kappa shape index (κ2) is 3.58. The maximum absolute atomic E-state index is 5.46. The Labute approximate surface area is 77.0 Å². The molecule has 0 fully saturated rings. The molecular formula is C10H13N3. The highest BCUT2D eigenvalue weighted by Crippen LogP contribution is 2.17. The van der Waals surface area contributed by atoms with Gasteiger partial charge in [0.15, 0.2) is 0 Å². The van der Waals surface area contributed by atoms with E-state index in [9.17, 15) is 0 Å². The van der Waals surface area contributed by atoms with Gasteiger partial charge in [-0.15, -0.1) is 0 Å². The van der Waals surface area contributed by atoms with Gasteiger partial charge in [0.25, 0.3) is 0 Å². The van der Waals surface area contributed by atoms with Gasteiger partial charge in [-0.1, -0.05) is 0 Å². The molecule has 0 saturated heterocycles. The van der Waals surface area contributed by atoms with Gasteiger partial charge in [-0.3, -0.25) is 4.98 Å². The Morgan fingerprint density at radius 1 is 1.46 bits per heavy atom. The molecule has 0 aliphatic heterocycles. The van der Waals surface area contributed by atoms with Crippen LogP contribution in [-0.4, -0.2) is 16.5 Å². The lowest BCUT2D eigenvalue weighted by molar-refractivity contribution is 0.837. The van der Waals surface area contributed by atoms with Crippen LogP contribution in [0.5, 0.6) is 0 Å². The Morgan fingerprint density at radius 3 is 3.23 bits per heavy atom. The molecule has 13 heavy (non-hydrogen) atoms. The van der Waals surface area contributed by atoms with E-state index in [4.69, 9.17) is 5.73 Å². The molecule has 2 aromatic heterocycles. The van der Waals surface area contributed by atoms with E-state index in [1.807, 2.05) is 18.5 Å². The third-order valence-corrected chi connectivity index (χ3v) is 2.22. The molecule has 2 aromatic rings. The van der Waals surface area contributed by atoms with E-state index in [2.05, 4.69) is 9.97 Å². The average molecular weight is 175 g/mol. The lowest BCUT2D eigenvalue weighted by Gasteiger charge is -1.95. The third-order valence-electron chi connectivity index (χ3n) is 2.22. The monoisotopic (exact) mass is 175 g/mol. The van der Waals surface area contributed by atoms with Crippen molar-refractivity contribution in [3.8, 4) is 0 Å². The first kappa shape index (κ1) is 8.26. The van der Waals surface area contributed by atoms with Crippen LogP contribution < -0.4 is 5.73 Å². The molecule has 0 amide bonds. The number of nitrogens with zero attached hydrogens (tertiary/aromatic N) is 1. The molecule has 0 bridgehead atoms. The van der Waals surface area contributed by atoms with Crippen LogP contribution in [0.1, 0.15) is 12.0 Å². The summed E-state index contributed by atoms with van der Waals surface area (Å²) in [5.41, 5.74) is 7.93. The summed E-state index contributed by atoms with van der Waals surface area (Å²) in [5.74, 6) is 0. The number of hydrogen-bond donors (Lipinski definition) is 2. The second-order valence-electron chi connectivity index (χ2n) is 3.13. The van der Waals surface area contributed by atoms with E-state index in [1.54, 1.807) is 6.20 Å². The number of rotatable bonds is 3. The largest absolute Gasteiger partial charge is 0.361 e. The molecule has 2 rings (SSSR count). The fourth-order valence-corrected chi connectivity index (χ4v) is 1.52. The van der Waals surface area contributed by atoms with Crippen molar-refractivity contribution in [1.82, 2.24) is 9.97 Å². The highest BCUT2D eigenvalue weighted by molar-refractivity contribution is 5.81. The van der Waals surface area contributed by atoms with E-state index in [1.165, 1.54) is 10.9 Å². The summed E-state index contributed by atoms with van der Waals surface area (Å²) >= 11 is 0. The molecule has 0 aliphatic carbocycles. The summed E-state index contributed by atoms with van der Waals surface area (Å²) in [7, 11) is 0. The summed E-state index contributed by atoms with van der Waals surface area (Å²) in [6.45, 7) is 0.743. The number of aryl methyl sites for hydroxylation is 1. The first-order valence-corrected chi connectivity index (χ1v) is 4.52. The Balaban J connectivity index is 2.35. The molecule has 0 spiro atoms. The SMILES string of the molecule is NCCCc1c[nH]c2ccncc12. The zero-order valence-electron chi connectivity index (χ0n) is 7.46. The number of fused-ring (bicyclic) bond motifs is 1. The number of aromatic nitrogens is 2. The van der Waals surface area contributed by atoms with Crippen molar-refractivity contribution >= 4 is 10.9 Å². The third kappa shape index (κ3) is 1.55. The van der Waals surface area contributed by atoms with Gasteiger partial charge in [0.05, 0.1) is 0 Å². The normalized spacial score (nSPS) is 10.8. The molecule has 2 heterocycles. The molecule has 68 valence electrons. The van der Waals surface area contributed by atoms with Crippen molar-refractivity contribution < 1.29 is 0 Å². The lowest BCUT2D eigenvalue weighted by atomic mass is 10.1. The van der Waals surface area contributed by atoms with Crippen LogP contribution in [-0.2, 0) is 6.42 Å². The van der Waals surface area contributed by atoms with Gasteiger partial charge in [-0.25, -0.2) is 0 Å². The van der Waals surface area contributed by atoms with Crippen LogP contribution >= 0.6 is 0 Å². The maximum Gasteiger partial charge on any atom is 0.0487 e. The first-order chi connectivity index (χ1) is 6.42. The van der Waals surface area contributed by atoms with E-state index in [0.29, 0.717) is 0 Å². The lowest BCUT2D eigenvalue weighted by Crippen LogP contribution is -1.99. The molecule has 3 nitrogen and oxygen atoms in total. The number of hydrogen-bond acceptors (Lipinski definition) is 2. The quantitative estimate of drug-likeness (QED) is 0.741. The summed E-state index contributed by atoms with van der Waals surface area (Å²) in [6.07, 6.45) is 7.80. The van der Waals surface area contributed by atoms with E-state index in [0.717, 1.165) is 24.9 Å². The molecule has 0 aromatic carbocycles. The summed E-state index contributed by atoms with van der Waals surface area (Å²) in [5, 5.41) is 1.22. The number of H-pyrrole nitrogens is 1. The van der Waals surface area contributed by atoms with Crippen LogP contribution in [0.3, 0.4) is 0 Å². The van der Waals surface area contributed by atoms with Crippen LogP contribution in [0.25, 0.3) is 10.9 Å². The number of aromatic amines is 1. The zero-order valence-corrected chi connectivity index (χ0v) is 7.46. The van der Waals surface area contributed by atoms with Crippen LogP contribution in [0.2, 0.25) is 0 Å². The fourth-order valence-electron chi connectivity index (χ4n) is 1.52. The van der Waals surface area contributed by atoms with Crippen LogP contribution in [0.15, 0.2) is 24.7 Å². The van der Waals surface area contributed by atoms with Crippen molar-refractivity contribution in [2.24, 2.45) is 5.73 Å². The predicted molar refractivity (Wildman–Crippen MR) is 53.5 cm³/mol. The Hall–Kier alpha value is -1.35. The van der Waals surface area contributed by atoms with Crippen LogP contribution in [0.4, 0.5) is 0 Å². The Morgan fingerprint density at radius 2 is 2.38 bits per heavy atom. The molecule has 0 atom stereocenters. The van der Waals surface area contributed by atoms with Crippen molar-refractivity contribution in [3.63, 3.8) is 0 Å². The van der Waals surface area contributed by atoms with E-state index >= 15 is 0 Å². The smallest absolute Gasteiger partial charge is 0.0487 e. The molecule has 0 radical (unpaired) electrons. The number of nitrogens with one attached hydrogen (secondary N) is 1. The van der Waals surface area contributed by atoms with Crippen LogP contribution in [0, 0.1) is 0 Å². The molecular weight excluding hydrogens is 162 g/mol. The average Bonchev–Trinajstić information content (AvgIpc) is 2.58. The minimum absolute atomic E-state index is 0.743.